The molecule has 6 heteroatoms. The average molecular weight is 327 g/mol. The summed E-state index contributed by atoms with van der Waals surface area (Å²) >= 11 is 0. The van der Waals surface area contributed by atoms with Crippen molar-refractivity contribution in [2.24, 2.45) is 11.8 Å². The van der Waals surface area contributed by atoms with Crippen LogP contribution >= 0.6 is 0 Å². The zero-order chi connectivity index (χ0) is 17.1. The normalized spacial score (nSPS) is 24.0. The molecule has 126 valence electrons. The number of carbonyl (C=O) groups excluding carboxylic acids is 3. The minimum atomic E-state index is -0.238. The van der Waals surface area contributed by atoms with Crippen molar-refractivity contribution in [3.8, 4) is 0 Å². The summed E-state index contributed by atoms with van der Waals surface area (Å²) in [6, 6.07) is 5.31. The molecule has 3 rings (SSSR count). The fraction of sp³-hybridized carbons (Fsp3) is 0.444. The third-order valence-corrected chi connectivity index (χ3v) is 4.67. The molecule has 1 saturated heterocycles. The Morgan fingerprint density at radius 2 is 1.92 bits per heavy atom. The molecule has 1 aromatic rings. The van der Waals surface area contributed by atoms with Gasteiger partial charge in [0.05, 0.1) is 23.6 Å². The van der Waals surface area contributed by atoms with Crippen LogP contribution in [-0.4, -0.2) is 34.2 Å². The minimum absolute atomic E-state index is 0.113. The Balaban J connectivity index is 1.53. The molecule has 0 aromatic carbocycles. The average Bonchev–Trinajstić information content (AvgIpc) is 2.85. The maximum atomic E-state index is 12.3. The van der Waals surface area contributed by atoms with E-state index in [2.05, 4.69) is 10.3 Å². The smallest absolute Gasteiger partial charge is 0.233 e. The summed E-state index contributed by atoms with van der Waals surface area (Å²) < 4.78 is 0. The van der Waals surface area contributed by atoms with Crippen molar-refractivity contribution in [3.63, 3.8) is 0 Å². The zero-order valence-corrected chi connectivity index (χ0v) is 13.6. The van der Waals surface area contributed by atoms with E-state index in [4.69, 9.17) is 0 Å². The Bertz CT molecular complexity index is 645. The molecular formula is C18H21N3O3. The lowest BCUT2D eigenvalue weighted by molar-refractivity contribution is -0.140. The fourth-order valence-corrected chi connectivity index (χ4v) is 3.32. The SMILES string of the molecule is C[C@@H](NC(=O)CCN1C(=O)[C@H]2CC=CC[C@H]2C1=O)c1ccccn1. The van der Waals surface area contributed by atoms with Crippen molar-refractivity contribution in [1.82, 2.24) is 15.2 Å². The Labute approximate surface area is 140 Å². The van der Waals surface area contributed by atoms with Gasteiger partial charge >= 0.3 is 0 Å². The van der Waals surface area contributed by atoms with Crippen LogP contribution in [0.15, 0.2) is 36.5 Å². The summed E-state index contributed by atoms with van der Waals surface area (Å²) in [7, 11) is 0. The van der Waals surface area contributed by atoms with Gasteiger partial charge in [-0.25, -0.2) is 0 Å². The highest BCUT2D eigenvalue weighted by atomic mass is 16.2. The van der Waals surface area contributed by atoms with Crippen LogP contribution in [0.1, 0.15) is 37.9 Å². The summed E-state index contributed by atoms with van der Waals surface area (Å²) in [6.07, 6.45) is 6.94. The standard InChI is InChI=1S/C18H21N3O3/c1-12(15-8-4-5-10-19-15)20-16(22)9-11-21-17(23)13-6-2-3-7-14(13)18(21)24/h2-5,8,10,12-14H,6-7,9,11H2,1H3,(H,20,22)/t12-,13-,14+/m1/s1. The first-order valence-electron chi connectivity index (χ1n) is 8.28. The molecule has 1 aliphatic carbocycles. The van der Waals surface area contributed by atoms with Gasteiger partial charge in [-0.3, -0.25) is 24.3 Å². The number of hydrogen-bond acceptors (Lipinski definition) is 4. The first kappa shape index (κ1) is 16.4. The first-order chi connectivity index (χ1) is 11.6. The lowest BCUT2D eigenvalue weighted by Gasteiger charge is -2.16. The van der Waals surface area contributed by atoms with Gasteiger partial charge in [0, 0.05) is 19.2 Å². The van der Waals surface area contributed by atoms with Crippen molar-refractivity contribution < 1.29 is 14.4 Å². The van der Waals surface area contributed by atoms with Gasteiger partial charge in [-0.2, -0.15) is 0 Å². The van der Waals surface area contributed by atoms with Gasteiger partial charge in [-0.05, 0) is 31.9 Å². The van der Waals surface area contributed by atoms with Crippen molar-refractivity contribution in [2.75, 3.05) is 6.54 Å². The molecule has 1 aliphatic heterocycles. The van der Waals surface area contributed by atoms with E-state index < -0.39 is 0 Å². The Kier molecular flexibility index (Phi) is 4.74. The number of hydrogen-bond donors (Lipinski definition) is 1. The number of carbonyl (C=O) groups is 3. The quantitative estimate of drug-likeness (QED) is 0.658. The molecule has 2 heterocycles. The molecule has 1 N–H and O–H groups in total. The van der Waals surface area contributed by atoms with Crippen LogP contribution in [0.2, 0.25) is 0 Å². The predicted octanol–water partition coefficient (Wildman–Crippen LogP) is 1.60. The number of imide groups is 1. The van der Waals surface area contributed by atoms with E-state index in [1.54, 1.807) is 6.20 Å². The van der Waals surface area contributed by atoms with Gasteiger partial charge < -0.3 is 5.32 Å². The fourth-order valence-electron chi connectivity index (χ4n) is 3.32. The highest BCUT2D eigenvalue weighted by Gasteiger charge is 2.46. The largest absolute Gasteiger partial charge is 0.348 e. The van der Waals surface area contributed by atoms with Crippen LogP contribution in [0.4, 0.5) is 0 Å². The number of nitrogens with zero attached hydrogens (tertiary/aromatic N) is 2. The van der Waals surface area contributed by atoms with E-state index >= 15 is 0 Å². The van der Waals surface area contributed by atoms with Gasteiger partial charge in [0.1, 0.15) is 0 Å². The minimum Gasteiger partial charge on any atom is -0.348 e. The predicted molar refractivity (Wildman–Crippen MR) is 87.5 cm³/mol. The molecule has 0 spiro atoms. The molecule has 1 aromatic heterocycles. The van der Waals surface area contributed by atoms with Gasteiger partial charge in [0.15, 0.2) is 0 Å². The number of fused-ring (bicyclic) bond motifs is 1. The lowest BCUT2D eigenvalue weighted by Crippen LogP contribution is -2.36. The maximum Gasteiger partial charge on any atom is 0.233 e. The van der Waals surface area contributed by atoms with Crippen LogP contribution in [-0.2, 0) is 14.4 Å². The molecular weight excluding hydrogens is 306 g/mol. The van der Waals surface area contributed by atoms with Crippen LogP contribution in [0.25, 0.3) is 0 Å². The van der Waals surface area contributed by atoms with E-state index in [1.807, 2.05) is 37.3 Å². The van der Waals surface area contributed by atoms with Gasteiger partial charge in [0.25, 0.3) is 0 Å². The highest BCUT2D eigenvalue weighted by Crippen LogP contribution is 2.34. The number of amides is 3. The second-order valence-corrected chi connectivity index (χ2v) is 6.28. The zero-order valence-electron chi connectivity index (χ0n) is 13.6. The molecule has 1 fully saturated rings. The third-order valence-electron chi connectivity index (χ3n) is 4.67. The van der Waals surface area contributed by atoms with Crippen LogP contribution in [0, 0.1) is 11.8 Å². The van der Waals surface area contributed by atoms with E-state index in [-0.39, 0.29) is 48.6 Å². The van der Waals surface area contributed by atoms with Crippen LogP contribution in [0.5, 0.6) is 0 Å². The number of aromatic nitrogens is 1. The molecule has 0 saturated carbocycles. The topological polar surface area (TPSA) is 79.4 Å². The second kappa shape index (κ2) is 6.95. The molecule has 3 amide bonds. The summed E-state index contributed by atoms with van der Waals surface area (Å²) in [5.74, 6) is -0.947. The maximum absolute atomic E-state index is 12.3. The molecule has 6 nitrogen and oxygen atoms in total. The van der Waals surface area contributed by atoms with Crippen LogP contribution in [0.3, 0.4) is 0 Å². The van der Waals surface area contributed by atoms with E-state index in [9.17, 15) is 14.4 Å². The molecule has 0 unspecified atom stereocenters. The Morgan fingerprint density at radius 3 is 2.50 bits per heavy atom. The first-order valence-corrected chi connectivity index (χ1v) is 8.28. The van der Waals surface area contributed by atoms with E-state index in [0.717, 1.165) is 5.69 Å². The summed E-state index contributed by atoms with van der Waals surface area (Å²) in [4.78, 5) is 42.2. The van der Waals surface area contributed by atoms with Crippen LogP contribution < -0.4 is 5.32 Å². The van der Waals surface area contributed by atoms with E-state index in [1.165, 1.54) is 4.90 Å². The monoisotopic (exact) mass is 327 g/mol. The number of likely N-dealkylation sites (tertiary alicyclic amines) is 1. The number of allylic oxidation sites excluding steroid dienone is 2. The lowest BCUT2D eigenvalue weighted by atomic mass is 9.85. The molecule has 24 heavy (non-hydrogen) atoms. The van der Waals surface area contributed by atoms with Gasteiger partial charge in [-0.15, -0.1) is 0 Å². The molecule has 3 atom stereocenters. The summed E-state index contributed by atoms with van der Waals surface area (Å²) in [5.41, 5.74) is 0.774. The van der Waals surface area contributed by atoms with Gasteiger partial charge in [0.2, 0.25) is 17.7 Å². The number of rotatable bonds is 5. The summed E-state index contributed by atoms with van der Waals surface area (Å²) in [6.45, 7) is 2.00. The third kappa shape index (κ3) is 3.22. The van der Waals surface area contributed by atoms with Crippen molar-refractivity contribution in [1.29, 1.82) is 0 Å². The molecule has 2 aliphatic rings. The van der Waals surface area contributed by atoms with Crippen molar-refractivity contribution in [2.45, 2.75) is 32.2 Å². The van der Waals surface area contributed by atoms with E-state index in [0.29, 0.717) is 12.8 Å². The number of nitrogens with one attached hydrogen (secondary N) is 1. The molecule has 0 radical (unpaired) electrons. The number of pyridine rings is 1. The highest BCUT2D eigenvalue weighted by molar-refractivity contribution is 6.05. The Hall–Kier alpha value is -2.50. The second-order valence-electron chi connectivity index (χ2n) is 6.28. The molecule has 0 bridgehead atoms. The summed E-state index contributed by atoms with van der Waals surface area (Å²) in [5, 5.41) is 2.85. The van der Waals surface area contributed by atoms with Crippen molar-refractivity contribution in [3.05, 3.63) is 42.2 Å². The van der Waals surface area contributed by atoms with Gasteiger partial charge in [-0.1, -0.05) is 18.2 Å². The van der Waals surface area contributed by atoms with Crippen molar-refractivity contribution >= 4 is 17.7 Å². The Morgan fingerprint density at radius 1 is 1.25 bits per heavy atom.